The van der Waals surface area contributed by atoms with Crippen LogP contribution in [0.4, 0.5) is 0 Å². The highest BCUT2D eigenvalue weighted by molar-refractivity contribution is 6.17. The van der Waals surface area contributed by atoms with E-state index in [9.17, 15) is 0 Å². The Kier molecular flexibility index (Phi) is 18.4. The Balaban J connectivity index is 3.17. The van der Waals surface area contributed by atoms with Gasteiger partial charge >= 0.3 is 0 Å². The normalized spacial score (nSPS) is 11.4. The van der Waals surface area contributed by atoms with Crippen molar-refractivity contribution in [3.63, 3.8) is 0 Å². The van der Waals surface area contributed by atoms with E-state index >= 15 is 0 Å². The van der Waals surface area contributed by atoms with E-state index in [1.165, 1.54) is 70.6 Å². The molecule has 3 heteroatoms. The van der Waals surface area contributed by atoms with E-state index in [0.717, 1.165) is 25.5 Å². The van der Waals surface area contributed by atoms with E-state index in [2.05, 4.69) is 0 Å². The van der Waals surface area contributed by atoms with E-state index in [0.29, 0.717) is 0 Å². The summed E-state index contributed by atoms with van der Waals surface area (Å²) in [6.45, 7) is 5.55. The minimum absolute atomic E-state index is 0.0213. The second kappa shape index (κ2) is 18.3. The van der Waals surface area contributed by atoms with Crippen LogP contribution in [0.15, 0.2) is 0 Å². The Hall–Kier alpha value is 0.210. The van der Waals surface area contributed by atoms with Crippen LogP contribution in [0.2, 0.25) is 0 Å². The second-order valence-corrected chi connectivity index (χ2v) is 6.08. The predicted octanol–water partition coefficient (Wildman–Crippen LogP) is 6.31. The molecular weight excluding hydrogens is 284 g/mol. The van der Waals surface area contributed by atoms with Crippen LogP contribution in [-0.2, 0) is 9.47 Å². The molecule has 0 fully saturated rings. The third kappa shape index (κ3) is 16.4. The summed E-state index contributed by atoms with van der Waals surface area (Å²) in [6.07, 6.45) is 15.8. The predicted molar refractivity (Wildman–Crippen MR) is 93.2 cm³/mol. The molecule has 0 spiro atoms. The van der Waals surface area contributed by atoms with Crippen LogP contribution in [0, 0.1) is 0 Å². The lowest BCUT2D eigenvalue weighted by atomic mass is 10.1. The molecule has 0 aromatic rings. The molecule has 128 valence electrons. The van der Waals surface area contributed by atoms with E-state index < -0.39 is 0 Å². The second-order valence-electron chi connectivity index (χ2n) is 5.71. The largest absolute Gasteiger partial charge is 0.353 e. The van der Waals surface area contributed by atoms with Gasteiger partial charge in [-0.05, 0) is 33.1 Å². The van der Waals surface area contributed by atoms with Gasteiger partial charge in [0.1, 0.15) is 0 Å². The summed E-state index contributed by atoms with van der Waals surface area (Å²) in [5.74, 6) is 0.827. The van der Waals surface area contributed by atoms with Crippen molar-refractivity contribution in [3.05, 3.63) is 0 Å². The first-order valence-electron chi connectivity index (χ1n) is 9.14. The number of halogens is 1. The molecule has 0 rings (SSSR count). The fraction of sp³-hybridized carbons (Fsp3) is 1.00. The molecule has 0 heterocycles. The van der Waals surface area contributed by atoms with Gasteiger partial charge < -0.3 is 9.47 Å². The Morgan fingerprint density at radius 3 is 1.38 bits per heavy atom. The molecule has 0 atom stereocenters. The van der Waals surface area contributed by atoms with Crippen molar-refractivity contribution in [1.29, 1.82) is 0 Å². The topological polar surface area (TPSA) is 18.5 Å². The van der Waals surface area contributed by atoms with Crippen molar-refractivity contribution in [1.82, 2.24) is 0 Å². The van der Waals surface area contributed by atoms with Gasteiger partial charge in [-0.25, -0.2) is 0 Å². The van der Waals surface area contributed by atoms with Gasteiger partial charge in [0.2, 0.25) is 0 Å². The number of ether oxygens (including phenoxy) is 2. The van der Waals surface area contributed by atoms with Crippen LogP contribution in [0.1, 0.15) is 90.9 Å². The summed E-state index contributed by atoms with van der Waals surface area (Å²) in [4.78, 5) is 0. The van der Waals surface area contributed by atoms with E-state index in [4.69, 9.17) is 21.1 Å². The molecule has 0 aliphatic rings. The van der Waals surface area contributed by atoms with Gasteiger partial charge in [0.15, 0.2) is 6.29 Å². The fourth-order valence-corrected chi connectivity index (χ4v) is 2.77. The molecule has 0 amide bonds. The summed E-state index contributed by atoms with van der Waals surface area (Å²) in [6, 6.07) is 0. The Morgan fingerprint density at radius 2 is 1.00 bits per heavy atom. The maximum Gasteiger partial charge on any atom is 0.157 e. The van der Waals surface area contributed by atoms with Gasteiger partial charge in [-0.3, -0.25) is 0 Å². The molecule has 2 nitrogen and oxygen atoms in total. The van der Waals surface area contributed by atoms with Gasteiger partial charge in [0.25, 0.3) is 0 Å². The van der Waals surface area contributed by atoms with Gasteiger partial charge in [0, 0.05) is 19.1 Å². The standard InChI is InChI=1S/C18H37ClO2/c1-3-20-18(21-4-2)16-14-12-10-8-6-5-7-9-11-13-15-17-19/h18H,3-17H2,1-2H3. The van der Waals surface area contributed by atoms with Crippen LogP contribution in [0.5, 0.6) is 0 Å². The third-order valence-corrected chi connectivity index (χ3v) is 4.05. The van der Waals surface area contributed by atoms with Gasteiger partial charge in [-0.2, -0.15) is 0 Å². The van der Waals surface area contributed by atoms with Crippen LogP contribution < -0.4 is 0 Å². The van der Waals surface area contributed by atoms with Crippen molar-refractivity contribution in [2.75, 3.05) is 19.1 Å². The SMILES string of the molecule is CCOC(CCCCCCCCCCCCCCl)OCC. The van der Waals surface area contributed by atoms with Crippen molar-refractivity contribution < 1.29 is 9.47 Å². The quantitative estimate of drug-likeness (QED) is 0.178. The van der Waals surface area contributed by atoms with Gasteiger partial charge in [0.05, 0.1) is 0 Å². The molecule has 0 aromatic heterocycles. The number of hydrogen-bond donors (Lipinski definition) is 0. The van der Waals surface area contributed by atoms with Crippen molar-refractivity contribution >= 4 is 11.6 Å². The Morgan fingerprint density at radius 1 is 0.619 bits per heavy atom. The maximum absolute atomic E-state index is 5.66. The lowest BCUT2D eigenvalue weighted by molar-refractivity contribution is -0.140. The maximum atomic E-state index is 5.66. The van der Waals surface area contributed by atoms with E-state index in [1.807, 2.05) is 13.8 Å². The summed E-state index contributed by atoms with van der Waals surface area (Å²) in [5.41, 5.74) is 0. The monoisotopic (exact) mass is 320 g/mol. The van der Waals surface area contributed by atoms with Crippen molar-refractivity contribution in [2.45, 2.75) is 97.2 Å². The highest BCUT2D eigenvalue weighted by atomic mass is 35.5. The summed E-state index contributed by atoms with van der Waals surface area (Å²) < 4.78 is 11.1. The number of hydrogen-bond acceptors (Lipinski definition) is 2. The first-order valence-corrected chi connectivity index (χ1v) is 9.67. The number of unbranched alkanes of at least 4 members (excludes halogenated alkanes) is 10. The molecule has 0 aliphatic heterocycles. The van der Waals surface area contributed by atoms with Crippen LogP contribution >= 0.6 is 11.6 Å². The van der Waals surface area contributed by atoms with Gasteiger partial charge in [-0.15, -0.1) is 11.6 Å². The van der Waals surface area contributed by atoms with Crippen LogP contribution in [0.3, 0.4) is 0 Å². The molecule has 0 bridgehead atoms. The zero-order valence-corrected chi connectivity index (χ0v) is 15.1. The van der Waals surface area contributed by atoms with Crippen molar-refractivity contribution in [3.8, 4) is 0 Å². The van der Waals surface area contributed by atoms with E-state index in [-0.39, 0.29) is 6.29 Å². The molecule has 0 unspecified atom stereocenters. The zero-order valence-electron chi connectivity index (χ0n) is 14.4. The van der Waals surface area contributed by atoms with E-state index in [1.54, 1.807) is 0 Å². The Labute approximate surface area is 137 Å². The fourth-order valence-electron chi connectivity index (χ4n) is 2.58. The lowest BCUT2D eigenvalue weighted by Gasteiger charge is -2.16. The minimum atomic E-state index is 0.0213. The minimum Gasteiger partial charge on any atom is -0.353 e. The average Bonchev–Trinajstić information content (AvgIpc) is 2.48. The number of alkyl halides is 1. The van der Waals surface area contributed by atoms with Crippen molar-refractivity contribution in [2.24, 2.45) is 0 Å². The molecule has 0 N–H and O–H groups in total. The highest BCUT2D eigenvalue weighted by Gasteiger charge is 2.06. The van der Waals surface area contributed by atoms with Gasteiger partial charge in [-0.1, -0.05) is 57.8 Å². The molecule has 0 radical (unpaired) electrons. The third-order valence-electron chi connectivity index (χ3n) is 3.78. The highest BCUT2D eigenvalue weighted by Crippen LogP contribution is 2.13. The molecular formula is C18H37ClO2. The molecule has 0 aromatic carbocycles. The van der Waals surface area contributed by atoms with Crippen LogP contribution in [-0.4, -0.2) is 25.4 Å². The smallest absolute Gasteiger partial charge is 0.157 e. The zero-order chi connectivity index (χ0) is 15.6. The summed E-state index contributed by atoms with van der Waals surface area (Å²) in [7, 11) is 0. The molecule has 0 saturated carbocycles. The molecule has 0 saturated heterocycles. The summed E-state index contributed by atoms with van der Waals surface area (Å²) in [5, 5.41) is 0. The Bertz CT molecular complexity index is 182. The first kappa shape index (κ1) is 21.2. The average molecular weight is 321 g/mol. The molecule has 21 heavy (non-hydrogen) atoms. The molecule has 0 aliphatic carbocycles. The number of rotatable bonds is 17. The summed E-state index contributed by atoms with van der Waals surface area (Å²) >= 11 is 5.66. The first-order chi connectivity index (χ1) is 10.3. The van der Waals surface area contributed by atoms with Crippen LogP contribution in [0.25, 0.3) is 0 Å². The lowest BCUT2D eigenvalue weighted by Crippen LogP contribution is -2.17.